The molecule has 1 heterocycles. The molecule has 4 rings (SSSR count). The molecule has 2 aromatic rings. The van der Waals surface area contributed by atoms with Crippen LogP contribution in [0.4, 0.5) is 10.5 Å². The predicted molar refractivity (Wildman–Crippen MR) is 154 cm³/mol. The van der Waals surface area contributed by atoms with Gasteiger partial charge in [-0.1, -0.05) is 32.9 Å². The van der Waals surface area contributed by atoms with Crippen molar-refractivity contribution in [3.8, 4) is 0 Å². The molecule has 0 unspecified atom stereocenters. The van der Waals surface area contributed by atoms with Gasteiger partial charge >= 0.3 is 12.0 Å². The SMILES string of the molecule is CN1C(=O)c2ccc(NC(=O)N(Cc3ccc(C(=O)NCCC(=O)O)cc3)C3CCC(C(C)(C)C)CC3)cc2C1=O. The number of nitrogens with one attached hydrogen (secondary N) is 2. The summed E-state index contributed by atoms with van der Waals surface area (Å²) in [5.74, 6) is -1.53. The van der Waals surface area contributed by atoms with Gasteiger partial charge in [0.05, 0.1) is 17.5 Å². The molecule has 0 atom stereocenters. The number of carboxylic acid groups (broad SMARTS) is 1. The number of aliphatic carboxylic acids is 1. The molecular formula is C31H38N4O6. The highest BCUT2D eigenvalue weighted by atomic mass is 16.4. The zero-order valence-corrected chi connectivity index (χ0v) is 24.0. The summed E-state index contributed by atoms with van der Waals surface area (Å²) in [5.41, 5.74) is 2.47. The second-order valence-corrected chi connectivity index (χ2v) is 12.0. The Morgan fingerprint density at radius 1 is 0.951 bits per heavy atom. The van der Waals surface area contributed by atoms with Crippen LogP contribution in [0, 0.1) is 11.3 Å². The first-order chi connectivity index (χ1) is 19.3. The van der Waals surface area contributed by atoms with Crippen molar-refractivity contribution in [2.45, 2.75) is 65.5 Å². The van der Waals surface area contributed by atoms with Gasteiger partial charge in [-0.25, -0.2) is 4.79 Å². The summed E-state index contributed by atoms with van der Waals surface area (Å²) in [7, 11) is 1.43. The smallest absolute Gasteiger partial charge is 0.322 e. The quantitative estimate of drug-likeness (QED) is 0.397. The maximum Gasteiger partial charge on any atom is 0.322 e. The molecule has 0 radical (unpaired) electrons. The summed E-state index contributed by atoms with van der Waals surface area (Å²) >= 11 is 0. The van der Waals surface area contributed by atoms with E-state index in [1.165, 1.54) is 7.05 Å². The van der Waals surface area contributed by atoms with Crippen LogP contribution in [0.15, 0.2) is 42.5 Å². The average molecular weight is 563 g/mol. The Morgan fingerprint density at radius 3 is 2.20 bits per heavy atom. The summed E-state index contributed by atoms with van der Waals surface area (Å²) in [6, 6.07) is 11.4. The van der Waals surface area contributed by atoms with Crippen LogP contribution < -0.4 is 10.6 Å². The summed E-state index contributed by atoms with van der Waals surface area (Å²) in [6.45, 7) is 7.11. The van der Waals surface area contributed by atoms with E-state index in [0.29, 0.717) is 29.3 Å². The van der Waals surface area contributed by atoms with Gasteiger partial charge in [0.25, 0.3) is 17.7 Å². The molecule has 1 fully saturated rings. The Labute approximate surface area is 240 Å². The third-order valence-electron chi connectivity index (χ3n) is 8.16. The van der Waals surface area contributed by atoms with E-state index in [4.69, 9.17) is 5.11 Å². The fourth-order valence-corrected chi connectivity index (χ4v) is 5.60. The number of anilines is 1. The van der Waals surface area contributed by atoms with Crippen LogP contribution in [0.5, 0.6) is 0 Å². The van der Waals surface area contributed by atoms with Gasteiger partial charge < -0.3 is 20.6 Å². The maximum atomic E-state index is 13.7. The number of hydrogen-bond acceptors (Lipinski definition) is 5. The van der Waals surface area contributed by atoms with Crippen molar-refractivity contribution in [3.05, 3.63) is 64.7 Å². The summed E-state index contributed by atoms with van der Waals surface area (Å²) in [6.07, 6.45) is 3.59. The van der Waals surface area contributed by atoms with Crippen LogP contribution in [0.1, 0.15) is 89.5 Å². The molecule has 0 bridgehead atoms. The topological polar surface area (TPSA) is 136 Å². The van der Waals surface area contributed by atoms with Crippen LogP contribution in [0.2, 0.25) is 0 Å². The van der Waals surface area contributed by atoms with Crippen LogP contribution in [-0.2, 0) is 11.3 Å². The molecule has 10 heteroatoms. The molecule has 0 saturated heterocycles. The van der Waals surface area contributed by atoms with Gasteiger partial charge in [-0.05, 0) is 72.9 Å². The number of benzene rings is 2. The van der Waals surface area contributed by atoms with Crippen molar-refractivity contribution in [3.63, 3.8) is 0 Å². The minimum absolute atomic E-state index is 0.0105. The number of carboxylic acids is 1. The lowest BCUT2D eigenvalue weighted by Crippen LogP contribution is -2.45. The highest BCUT2D eigenvalue weighted by Gasteiger charge is 2.35. The van der Waals surface area contributed by atoms with Crippen molar-refractivity contribution >= 4 is 35.4 Å². The first kappa shape index (κ1) is 29.8. The van der Waals surface area contributed by atoms with Crippen molar-refractivity contribution in [1.29, 1.82) is 0 Å². The molecule has 2 aromatic carbocycles. The van der Waals surface area contributed by atoms with Crippen molar-refractivity contribution in [1.82, 2.24) is 15.1 Å². The molecule has 0 spiro atoms. The number of hydrogen-bond donors (Lipinski definition) is 3. The normalized spacial score (nSPS) is 18.6. The first-order valence-corrected chi connectivity index (χ1v) is 14.0. The van der Waals surface area contributed by atoms with E-state index < -0.39 is 11.9 Å². The molecule has 10 nitrogen and oxygen atoms in total. The number of fused-ring (bicyclic) bond motifs is 1. The standard InChI is InChI=1S/C31H38N4O6/c1-31(2,3)21-9-12-23(13-10-21)35(18-19-5-7-20(8-6-19)27(38)32-16-15-26(36)37)30(41)33-22-11-14-24-25(17-22)29(40)34(4)28(24)39/h5-8,11,14,17,21,23H,9-10,12-13,15-16,18H2,1-4H3,(H,32,38)(H,33,41)(H,36,37). The largest absolute Gasteiger partial charge is 0.481 e. The molecule has 2 aliphatic rings. The molecule has 41 heavy (non-hydrogen) atoms. The number of amides is 5. The predicted octanol–water partition coefficient (Wildman–Crippen LogP) is 4.76. The van der Waals surface area contributed by atoms with Gasteiger partial charge in [-0.15, -0.1) is 0 Å². The molecular weight excluding hydrogens is 524 g/mol. The van der Waals surface area contributed by atoms with Gasteiger partial charge in [-0.3, -0.25) is 24.1 Å². The van der Waals surface area contributed by atoms with Crippen LogP contribution in [0.25, 0.3) is 0 Å². The lowest BCUT2D eigenvalue weighted by Gasteiger charge is -2.41. The fourth-order valence-electron chi connectivity index (χ4n) is 5.60. The van der Waals surface area contributed by atoms with Gasteiger partial charge in [0.2, 0.25) is 0 Å². The zero-order valence-electron chi connectivity index (χ0n) is 24.0. The molecule has 1 saturated carbocycles. The first-order valence-electron chi connectivity index (χ1n) is 14.0. The lowest BCUT2D eigenvalue weighted by atomic mass is 9.71. The number of carbonyl (C=O) groups excluding carboxylic acids is 4. The van der Waals surface area contributed by atoms with E-state index >= 15 is 0 Å². The second-order valence-electron chi connectivity index (χ2n) is 12.0. The number of rotatable bonds is 8. The van der Waals surface area contributed by atoms with Crippen molar-refractivity contribution in [2.75, 3.05) is 18.9 Å². The summed E-state index contributed by atoms with van der Waals surface area (Å²) < 4.78 is 0. The summed E-state index contributed by atoms with van der Waals surface area (Å²) in [5, 5.41) is 14.3. The van der Waals surface area contributed by atoms with E-state index in [1.54, 1.807) is 42.5 Å². The van der Waals surface area contributed by atoms with Crippen LogP contribution >= 0.6 is 0 Å². The van der Waals surface area contributed by atoms with E-state index in [2.05, 4.69) is 31.4 Å². The third-order valence-corrected chi connectivity index (χ3v) is 8.16. The van der Waals surface area contributed by atoms with E-state index in [0.717, 1.165) is 36.1 Å². The Hall–Kier alpha value is -4.21. The Morgan fingerprint density at radius 2 is 1.59 bits per heavy atom. The molecule has 1 aliphatic carbocycles. The minimum Gasteiger partial charge on any atom is -0.481 e. The molecule has 3 N–H and O–H groups in total. The van der Waals surface area contributed by atoms with Gasteiger partial charge in [0, 0.05) is 37.4 Å². The van der Waals surface area contributed by atoms with E-state index in [9.17, 15) is 24.0 Å². The second kappa shape index (κ2) is 12.1. The Kier molecular flexibility index (Phi) is 8.80. The van der Waals surface area contributed by atoms with E-state index in [1.807, 2.05) is 4.90 Å². The third kappa shape index (κ3) is 6.93. The summed E-state index contributed by atoms with van der Waals surface area (Å²) in [4.78, 5) is 64.4. The van der Waals surface area contributed by atoms with Crippen molar-refractivity contribution in [2.24, 2.45) is 11.3 Å². The molecule has 1 aliphatic heterocycles. The number of urea groups is 1. The highest BCUT2D eigenvalue weighted by molar-refractivity contribution is 6.21. The maximum absolute atomic E-state index is 13.7. The Bertz CT molecular complexity index is 1340. The number of carbonyl (C=O) groups is 5. The lowest BCUT2D eigenvalue weighted by molar-refractivity contribution is -0.136. The van der Waals surface area contributed by atoms with Crippen LogP contribution in [-0.4, -0.2) is 64.3 Å². The van der Waals surface area contributed by atoms with Gasteiger partial charge in [0.1, 0.15) is 0 Å². The van der Waals surface area contributed by atoms with Gasteiger partial charge in [0.15, 0.2) is 0 Å². The number of nitrogens with zero attached hydrogens (tertiary/aromatic N) is 2. The fraction of sp³-hybridized carbons (Fsp3) is 0.452. The Balaban J connectivity index is 1.50. The zero-order chi connectivity index (χ0) is 29.9. The van der Waals surface area contributed by atoms with Gasteiger partial charge in [-0.2, -0.15) is 0 Å². The monoisotopic (exact) mass is 562 g/mol. The van der Waals surface area contributed by atoms with E-state index in [-0.39, 0.29) is 47.8 Å². The highest BCUT2D eigenvalue weighted by Crippen LogP contribution is 2.39. The van der Waals surface area contributed by atoms with Crippen LogP contribution in [0.3, 0.4) is 0 Å². The van der Waals surface area contributed by atoms with Crippen molar-refractivity contribution < 1.29 is 29.1 Å². The molecule has 5 amide bonds. The minimum atomic E-state index is -0.983. The number of imide groups is 1. The average Bonchev–Trinajstić information content (AvgIpc) is 3.14. The molecule has 0 aromatic heterocycles. The molecule has 218 valence electrons.